The first-order valence-corrected chi connectivity index (χ1v) is 5.39. The number of fused-ring (bicyclic) bond motifs is 1. The molecule has 0 amide bonds. The molecule has 0 spiro atoms. The van der Waals surface area contributed by atoms with Crippen molar-refractivity contribution in [1.29, 1.82) is 0 Å². The number of nitrogens with zero attached hydrogens (tertiary/aromatic N) is 1. The van der Waals surface area contributed by atoms with E-state index in [1.165, 1.54) is 0 Å². The van der Waals surface area contributed by atoms with Crippen LogP contribution in [0.1, 0.15) is 5.69 Å². The summed E-state index contributed by atoms with van der Waals surface area (Å²) in [6, 6.07) is 7.28. The number of methoxy groups -OCH3 is 2. The number of thiocarbonyl (C=S) groups is 1. The van der Waals surface area contributed by atoms with Crippen LogP contribution in [0, 0.1) is 0 Å². The van der Waals surface area contributed by atoms with Crippen molar-refractivity contribution >= 4 is 28.1 Å². The summed E-state index contributed by atoms with van der Waals surface area (Å²) in [6.07, 6.45) is 0. The highest BCUT2D eigenvalue weighted by molar-refractivity contribution is 7.80. The van der Waals surface area contributed by atoms with Crippen LogP contribution in [-0.4, -0.2) is 24.2 Å². The van der Waals surface area contributed by atoms with Gasteiger partial charge in [0, 0.05) is 5.39 Å². The second kappa shape index (κ2) is 4.55. The van der Waals surface area contributed by atoms with Crippen molar-refractivity contribution < 1.29 is 9.47 Å². The van der Waals surface area contributed by atoms with Gasteiger partial charge in [0.2, 0.25) is 0 Å². The molecular formula is C12H12N2O2S. The zero-order valence-corrected chi connectivity index (χ0v) is 10.4. The van der Waals surface area contributed by atoms with Crippen molar-refractivity contribution in [3.8, 4) is 11.5 Å². The third kappa shape index (κ3) is 2.01. The van der Waals surface area contributed by atoms with Gasteiger partial charge in [0.25, 0.3) is 0 Å². The standard InChI is InChI=1S/C12H12N2O2S/c1-15-9-5-6-10(16-2)11-7(9)3-4-8(14-11)12(13)17/h3-6H,1-2H3,(H2,13,17). The number of hydrogen-bond acceptors (Lipinski definition) is 4. The Morgan fingerprint density at radius 2 is 1.76 bits per heavy atom. The summed E-state index contributed by atoms with van der Waals surface area (Å²) in [6.45, 7) is 0. The lowest BCUT2D eigenvalue weighted by atomic mass is 10.1. The number of nitrogens with two attached hydrogens (primary N) is 1. The molecule has 0 radical (unpaired) electrons. The van der Waals surface area contributed by atoms with E-state index in [0.29, 0.717) is 17.0 Å². The molecule has 0 unspecified atom stereocenters. The molecule has 1 aromatic carbocycles. The van der Waals surface area contributed by atoms with E-state index in [0.717, 1.165) is 11.1 Å². The molecule has 0 aliphatic rings. The predicted octanol–water partition coefficient (Wildman–Crippen LogP) is 1.89. The van der Waals surface area contributed by atoms with E-state index in [1.807, 2.05) is 12.1 Å². The average molecular weight is 248 g/mol. The van der Waals surface area contributed by atoms with Crippen LogP contribution in [-0.2, 0) is 0 Å². The summed E-state index contributed by atoms with van der Waals surface area (Å²) in [5.41, 5.74) is 6.82. The molecule has 2 rings (SSSR count). The SMILES string of the molecule is COc1ccc(OC)c2nc(C(N)=S)ccc12. The lowest BCUT2D eigenvalue weighted by Gasteiger charge is -2.09. The van der Waals surface area contributed by atoms with Crippen LogP contribution in [0.25, 0.3) is 10.9 Å². The molecule has 2 N–H and O–H groups in total. The molecule has 1 heterocycles. The first kappa shape index (κ1) is 11.6. The van der Waals surface area contributed by atoms with Gasteiger partial charge in [0.1, 0.15) is 22.0 Å². The average Bonchev–Trinajstić information content (AvgIpc) is 2.36. The molecule has 0 fully saturated rings. The van der Waals surface area contributed by atoms with Crippen molar-refractivity contribution in [2.75, 3.05) is 14.2 Å². The fourth-order valence-corrected chi connectivity index (χ4v) is 1.76. The molecule has 0 saturated heterocycles. The van der Waals surface area contributed by atoms with Crippen LogP contribution in [0.4, 0.5) is 0 Å². The molecule has 5 heteroatoms. The fraction of sp³-hybridized carbons (Fsp3) is 0.167. The highest BCUT2D eigenvalue weighted by atomic mass is 32.1. The van der Waals surface area contributed by atoms with Crippen LogP contribution in [0.5, 0.6) is 11.5 Å². The molecule has 2 aromatic rings. The molecule has 0 saturated carbocycles. The molecule has 0 atom stereocenters. The van der Waals surface area contributed by atoms with E-state index < -0.39 is 0 Å². The molecule has 88 valence electrons. The zero-order chi connectivity index (χ0) is 12.4. The number of aromatic nitrogens is 1. The van der Waals surface area contributed by atoms with E-state index >= 15 is 0 Å². The molecule has 17 heavy (non-hydrogen) atoms. The first-order chi connectivity index (χ1) is 8.17. The van der Waals surface area contributed by atoms with Crippen LogP contribution < -0.4 is 15.2 Å². The molecule has 0 bridgehead atoms. The van der Waals surface area contributed by atoms with Gasteiger partial charge in [-0.25, -0.2) is 4.98 Å². The minimum atomic E-state index is 0.261. The lowest BCUT2D eigenvalue weighted by Crippen LogP contribution is -2.11. The Kier molecular flexibility index (Phi) is 3.10. The largest absolute Gasteiger partial charge is 0.496 e. The van der Waals surface area contributed by atoms with Gasteiger partial charge in [0.05, 0.1) is 19.9 Å². The molecule has 1 aromatic heterocycles. The molecule has 4 nitrogen and oxygen atoms in total. The zero-order valence-electron chi connectivity index (χ0n) is 9.56. The van der Waals surface area contributed by atoms with Gasteiger partial charge < -0.3 is 15.2 Å². The Morgan fingerprint density at radius 1 is 1.12 bits per heavy atom. The predicted molar refractivity (Wildman–Crippen MR) is 70.7 cm³/mol. The summed E-state index contributed by atoms with van der Waals surface area (Å²) in [7, 11) is 3.21. The number of pyridine rings is 1. The molecule has 0 aliphatic heterocycles. The lowest BCUT2D eigenvalue weighted by molar-refractivity contribution is 0.409. The summed E-state index contributed by atoms with van der Waals surface area (Å²) >= 11 is 4.91. The van der Waals surface area contributed by atoms with Gasteiger partial charge in [-0.15, -0.1) is 0 Å². The fourth-order valence-electron chi connectivity index (χ4n) is 1.65. The van der Waals surface area contributed by atoms with Gasteiger partial charge in [-0.05, 0) is 24.3 Å². The van der Waals surface area contributed by atoms with Gasteiger partial charge >= 0.3 is 0 Å². The summed E-state index contributed by atoms with van der Waals surface area (Å²) < 4.78 is 10.5. The number of hydrogen-bond donors (Lipinski definition) is 1. The monoisotopic (exact) mass is 248 g/mol. The van der Waals surface area contributed by atoms with Gasteiger partial charge in [-0.3, -0.25) is 0 Å². The third-order valence-corrected chi connectivity index (χ3v) is 2.68. The van der Waals surface area contributed by atoms with Crippen molar-refractivity contribution in [2.24, 2.45) is 5.73 Å². The summed E-state index contributed by atoms with van der Waals surface area (Å²) in [5, 5.41) is 0.867. The second-order valence-corrected chi connectivity index (χ2v) is 3.87. The highest BCUT2D eigenvalue weighted by Gasteiger charge is 2.10. The van der Waals surface area contributed by atoms with Gasteiger partial charge in [-0.1, -0.05) is 12.2 Å². The topological polar surface area (TPSA) is 57.4 Å². The van der Waals surface area contributed by atoms with Crippen molar-refractivity contribution in [3.05, 3.63) is 30.0 Å². The van der Waals surface area contributed by atoms with Gasteiger partial charge in [-0.2, -0.15) is 0 Å². The van der Waals surface area contributed by atoms with E-state index in [-0.39, 0.29) is 4.99 Å². The van der Waals surface area contributed by atoms with Crippen LogP contribution >= 0.6 is 12.2 Å². The Bertz CT molecular complexity index is 584. The minimum Gasteiger partial charge on any atom is -0.496 e. The van der Waals surface area contributed by atoms with Crippen LogP contribution in [0.15, 0.2) is 24.3 Å². The summed E-state index contributed by atoms with van der Waals surface area (Å²) in [5.74, 6) is 1.40. The molecular weight excluding hydrogens is 236 g/mol. The highest BCUT2D eigenvalue weighted by Crippen LogP contribution is 2.31. The Labute approximate surface area is 104 Å². The number of rotatable bonds is 3. The quantitative estimate of drug-likeness (QED) is 0.840. The smallest absolute Gasteiger partial charge is 0.145 e. The van der Waals surface area contributed by atoms with Crippen LogP contribution in [0.2, 0.25) is 0 Å². The Morgan fingerprint density at radius 3 is 2.35 bits per heavy atom. The second-order valence-electron chi connectivity index (χ2n) is 3.43. The van der Waals surface area contributed by atoms with E-state index in [9.17, 15) is 0 Å². The minimum absolute atomic E-state index is 0.261. The van der Waals surface area contributed by atoms with Crippen LogP contribution in [0.3, 0.4) is 0 Å². The van der Waals surface area contributed by atoms with Crippen molar-refractivity contribution in [2.45, 2.75) is 0 Å². The van der Waals surface area contributed by atoms with E-state index in [2.05, 4.69) is 4.98 Å². The van der Waals surface area contributed by atoms with E-state index in [1.54, 1.807) is 26.4 Å². The van der Waals surface area contributed by atoms with E-state index in [4.69, 9.17) is 27.4 Å². The van der Waals surface area contributed by atoms with Crippen molar-refractivity contribution in [1.82, 2.24) is 4.98 Å². The third-order valence-electron chi connectivity index (χ3n) is 2.47. The van der Waals surface area contributed by atoms with Gasteiger partial charge in [0.15, 0.2) is 0 Å². The maximum Gasteiger partial charge on any atom is 0.145 e. The number of ether oxygens (including phenoxy) is 2. The maximum absolute atomic E-state index is 5.56. The Balaban J connectivity index is 2.77. The summed E-state index contributed by atoms with van der Waals surface area (Å²) in [4.78, 5) is 4.64. The first-order valence-electron chi connectivity index (χ1n) is 4.99. The maximum atomic E-state index is 5.56. The number of benzene rings is 1. The Hall–Kier alpha value is -1.88. The van der Waals surface area contributed by atoms with Crippen molar-refractivity contribution in [3.63, 3.8) is 0 Å². The normalized spacial score (nSPS) is 10.2. The molecule has 0 aliphatic carbocycles.